The molecule has 1 aliphatic heterocycles. The molecule has 19 heavy (non-hydrogen) atoms. The van der Waals surface area contributed by atoms with E-state index in [4.69, 9.17) is 16.3 Å². The van der Waals surface area contributed by atoms with Crippen molar-refractivity contribution >= 4 is 27.5 Å². The SMILES string of the molecule is CC(CN1CCOCC1)NCc1ccc(Br)c(Cl)c1. The van der Waals surface area contributed by atoms with Crippen LogP contribution in [0.2, 0.25) is 5.02 Å². The highest BCUT2D eigenvalue weighted by molar-refractivity contribution is 9.10. The van der Waals surface area contributed by atoms with Crippen LogP contribution in [0.3, 0.4) is 0 Å². The highest BCUT2D eigenvalue weighted by atomic mass is 79.9. The normalized spacial score (nSPS) is 18.5. The maximum absolute atomic E-state index is 6.09. The van der Waals surface area contributed by atoms with Gasteiger partial charge in [0.1, 0.15) is 0 Å². The standard InChI is InChI=1S/C14H20BrClN2O/c1-11(10-18-4-6-19-7-5-18)17-9-12-2-3-13(15)14(16)8-12/h2-3,8,11,17H,4-7,9-10H2,1H3. The number of benzene rings is 1. The highest BCUT2D eigenvalue weighted by Crippen LogP contribution is 2.23. The van der Waals surface area contributed by atoms with Crippen molar-refractivity contribution in [1.29, 1.82) is 0 Å². The Hall–Kier alpha value is -0.130. The zero-order valence-electron chi connectivity index (χ0n) is 11.2. The van der Waals surface area contributed by atoms with Crippen LogP contribution in [-0.2, 0) is 11.3 Å². The van der Waals surface area contributed by atoms with Gasteiger partial charge >= 0.3 is 0 Å². The van der Waals surface area contributed by atoms with E-state index in [0.717, 1.165) is 48.9 Å². The van der Waals surface area contributed by atoms with E-state index in [1.807, 2.05) is 12.1 Å². The van der Waals surface area contributed by atoms with Gasteiger partial charge in [-0.2, -0.15) is 0 Å². The average molecular weight is 348 g/mol. The Bertz CT molecular complexity index is 410. The molecule has 1 unspecified atom stereocenters. The van der Waals surface area contributed by atoms with Gasteiger partial charge < -0.3 is 10.1 Å². The summed E-state index contributed by atoms with van der Waals surface area (Å²) in [6, 6.07) is 6.54. The Labute approximate surface area is 128 Å². The maximum atomic E-state index is 6.09. The Balaban J connectivity index is 1.75. The molecule has 0 radical (unpaired) electrons. The fourth-order valence-electron chi connectivity index (χ4n) is 2.18. The van der Waals surface area contributed by atoms with Gasteiger partial charge in [0.2, 0.25) is 0 Å². The first-order valence-electron chi connectivity index (χ1n) is 6.62. The van der Waals surface area contributed by atoms with Crippen LogP contribution >= 0.6 is 27.5 Å². The molecule has 1 aromatic carbocycles. The van der Waals surface area contributed by atoms with E-state index in [1.165, 1.54) is 5.56 Å². The Kier molecular flexibility index (Phi) is 6.10. The lowest BCUT2D eigenvalue weighted by Gasteiger charge is -2.29. The molecule has 0 aromatic heterocycles. The quantitative estimate of drug-likeness (QED) is 0.886. The Morgan fingerprint density at radius 2 is 2.16 bits per heavy atom. The van der Waals surface area contributed by atoms with Gasteiger partial charge in [-0.1, -0.05) is 17.7 Å². The molecule has 0 bridgehead atoms. The summed E-state index contributed by atoms with van der Waals surface area (Å²) < 4.78 is 6.30. The van der Waals surface area contributed by atoms with Crippen molar-refractivity contribution in [3.8, 4) is 0 Å². The molecule has 1 saturated heterocycles. The summed E-state index contributed by atoms with van der Waals surface area (Å²) in [5, 5.41) is 4.30. The molecule has 1 atom stereocenters. The van der Waals surface area contributed by atoms with E-state index in [-0.39, 0.29) is 0 Å². The van der Waals surface area contributed by atoms with Crippen LogP contribution in [0.25, 0.3) is 0 Å². The number of rotatable bonds is 5. The van der Waals surface area contributed by atoms with Gasteiger partial charge in [0.05, 0.1) is 18.2 Å². The van der Waals surface area contributed by atoms with Gasteiger partial charge in [-0.15, -0.1) is 0 Å². The summed E-state index contributed by atoms with van der Waals surface area (Å²) in [5.41, 5.74) is 1.21. The predicted octanol–water partition coefficient (Wildman–Crippen LogP) is 2.91. The summed E-state index contributed by atoms with van der Waals surface area (Å²) in [7, 11) is 0. The van der Waals surface area contributed by atoms with Crippen molar-refractivity contribution in [3.63, 3.8) is 0 Å². The summed E-state index contributed by atoms with van der Waals surface area (Å²) in [6.45, 7) is 7.92. The largest absolute Gasteiger partial charge is 0.379 e. The minimum atomic E-state index is 0.459. The fraction of sp³-hybridized carbons (Fsp3) is 0.571. The first kappa shape index (κ1) is 15.3. The van der Waals surface area contributed by atoms with Crippen LogP contribution in [0.1, 0.15) is 12.5 Å². The molecule has 3 nitrogen and oxygen atoms in total. The lowest BCUT2D eigenvalue weighted by atomic mass is 10.2. The van der Waals surface area contributed by atoms with Crippen LogP contribution in [-0.4, -0.2) is 43.8 Å². The molecule has 1 aromatic rings. The average Bonchev–Trinajstić information content (AvgIpc) is 2.41. The molecule has 0 saturated carbocycles. The van der Waals surface area contributed by atoms with Crippen molar-refractivity contribution in [3.05, 3.63) is 33.3 Å². The number of nitrogens with one attached hydrogen (secondary N) is 1. The Morgan fingerprint density at radius 3 is 2.84 bits per heavy atom. The van der Waals surface area contributed by atoms with Crippen molar-refractivity contribution in [1.82, 2.24) is 10.2 Å². The smallest absolute Gasteiger partial charge is 0.0594 e. The first-order chi connectivity index (χ1) is 9.15. The number of halogens is 2. The molecule has 106 valence electrons. The van der Waals surface area contributed by atoms with Gasteiger partial charge in [-0.3, -0.25) is 4.90 Å². The van der Waals surface area contributed by atoms with Crippen LogP contribution in [0.4, 0.5) is 0 Å². The third-order valence-corrected chi connectivity index (χ3v) is 4.51. The number of morpholine rings is 1. The van der Waals surface area contributed by atoms with Gasteiger partial charge in [-0.25, -0.2) is 0 Å². The predicted molar refractivity (Wildman–Crippen MR) is 82.7 cm³/mol. The van der Waals surface area contributed by atoms with Gasteiger partial charge in [0.25, 0.3) is 0 Å². The number of hydrogen-bond acceptors (Lipinski definition) is 3. The van der Waals surface area contributed by atoms with E-state index in [2.05, 4.69) is 39.1 Å². The second-order valence-corrected chi connectivity index (χ2v) is 6.20. The van der Waals surface area contributed by atoms with Gasteiger partial charge in [0.15, 0.2) is 0 Å². The van der Waals surface area contributed by atoms with Crippen molar-refractivity contribution in [2.24, 2.45) is 0 Å². The van der Waals surface area contributed by atoms with Crippen LogP contribution in [0, 0.1) is 0 Å². The Morgan fingerprint density at radius 1 is 1.42 bits per heavy atom. The van der Waals surface area contributed by atoms with Crippen LogP contribution in [0.5, 0.6) is 0 Å². The minimum absolute atomic E-state index is 0.459. The topological polar surface area (TPSA) is 24.5 Å². The molecular weight excluding hydrogens is 328 g/mol. The van der Waals surface area contributed by atoms with E-state index in [9.17, 15) is 0 Å². The summed E-state index contributed by atoms with van der Waals surface area (Å²) in [4.78, 5) is 2.44. The summed E-state index contributed by atoms with van der Waals surface area (Å²) in [5.74, 6) is 0. The van der Waals surface area contributed by atoms with Crippen LogP contribution in [0.15, 0.2) is 22.7 Å². The summed E-state index contributed by atoms with van der Waals surface area (Å²) in [6.07, 6.45) is 0. The first-order valence-corrected chi connectivity index (χ1v) is 7.79. The zero-order chi connectivity index (χ0) is 13.7. The molecule has 1 aliphatic rings. The number of nitrogens with zero attached hydrogens (tertiary/aromatic N) is 1. The van der Waals surface area contributed by atoms with Gasteiger partial charge in [0, 0.05) is 36.7 Å². The fourth-order valence-corrected chi connectivity index (χ4v) is 2.63. The molecule has 1 heterocycles. The second-order valence-electron chi connectivity index (χ2n) is 4.94. The molecular formula is C14H20BrClN2O. The molecule has 0 amide bonds. The lowest BCUT2D eigenvalue weighted by molar-refractivity contribution is 0.0343. The van der Waals surface area contributed by atoms with E-state index in [1.54, 1.807) is 0 Å². The molecule has 0 spiro atoms. The van der Waals surface area contributed by atoms with Crippen molar-refractivity contribution in [2.75, 3.05) is 32.8 Å². The molecule has 2 rings (SSSR count). The second kappa shape index (κ2) is 7.60. The third-order valence-electron chi connectivity index (χ3n) is 3.27. The van der Waals surface area contributed by atoms with Crippen molar-refractivity contribution < 1.29 is 4.74 Å². The van der Waals surface area contributed by atoms with E-state index in [0.29, 0.717) is 6.04 Å². The highest BCUT2D eigenvalue weighted by Gasteiger charge is 2.13. The molecule has 1 N–H and O–H groups in total. The van der Waals surface area contributed by atoms with Gasteiger partial charge in [-0.05, 0) is 40.5 Å². The van der Waals surface area contributed by atoms with E-state index >= 15 is 0 Å². The molecule has 1 fully saturated rings. The molecule has 0 aliphatic carbocycles. The maximum Gasteiger partial charge on any atom is 0.0594 e. The molecule has 5 heteroatoms. The van der Waals surface area contributed by atoms with E-state index < -0.39 is 0 Å². The zero-order valence-corrected chi connectivity index (χ0v) is 13.5. The number of ether oxygens (including phenoxy) is 1. The van der Waals surface area contributed by atoms with Crippen LogP contribution < -0.4 is 5.32 Å². The monoisotopic (exact) mass is 346 g/mol. The number of hydrogen-bond donors (Lipinski definition) is 1. The van der Waals surface area contributed by atoms with Crippen molar-refractivity contribution in [2.45, 2.75) is 19.5 Å². The summed E-state index contributed by atoms with van der Waals surface area (Å²) >= 11 is 9.49. The third kappa shape index (κ3) is 5.04. The lowest BCUT2D eigenvalue weighted by Crippen LogP contribution is -2.44. The minimum Gasteiger partial charge on any atom is -0.379 e.